The van der Waals surface area contributed by atoms with Gasteiger partial charge in [0.15, 0.2) is 5.16 Å². The number of aryl methyl sites for hydroxylation is 3. The van der Waals surface area contributed by atoms with Crippen molar-refractivity contribution in [2.75, 3.05) is 43.5 Å². The molecule has 3 aromatic rings. The summed E-state index contributed by atoms with van der Waals surface area (Å²) in [6.07, 6.45) is 0.233. The molecule has 0 saturated carbocycles. The van der Waals surface area contributed by atoms with Gasteiger partial charge in [-0.25, -0.2) is 13.4 Å². The Hall–Kier alpha value is -2.91. The predicted molar refractivity (Wildman–Crippen MR) is 144 cm³/mol. The van der Waals surface area contributed by atoms with Crippen molar-refractivity contribution in [3.8, 4) is 6.07 Å². The number of thioether (sulfide) groups is 1. The van der Waals surface area contributed by atoms with E-state index in [2.05, 4.69) is 6.07 Å². The van der Waals surface area contributed by atoms with Crippen LogP contribution in [0.5, 0.6) is 0 Å². The van der Waals surface area contributed by atoms with Gasteiger partial charge >= 0.3 is 0 Å². The minimum atomic E-state index is -3.64. The standard InChI is InChI=1S/C26H31N5O4S2/c1-4-30-24-7-6-22(37(33,34)29-10-12-35-13-11-29)17-23(24)28-26(30)36-18-25(32)31(9-5-8-27)21-15-19(2)14-20(3)16-21/h6-7,14-17H,4-5,9-13,18H2,1-3H3. The first kappa shape index (κ1) is 27.1. The lowest BCUT2D eigenvalue weighted by atomic mass is 10.1. The minimum Gasteiger partial charge on any atom is -0.379 e. The number of amides is 1. The van der Waals surface area contributed by atoms with Crippen LogP contribution in [-0.4, -0.2) is 66.8 Å². The second-order valence-electron chi connectivity index (χ2n) is 8.89. The molecule has 37 heavy (non-hydrogen) atoms. The summed E-state index contributed by atoms with van der Waals surface area (Å²) in [4.78, 5) is 19.8. The molecule has 0 bridgehead atoms. The summed E-state index contributed by atoms with van der Waals surface area (Å²) in [5.41, 5.74) is 4.26. The highest BCUT2D eigenvalue weighted by Gasteiger charge is 2.27. The number of ether oxygens (including phenoxy) is 1. The summed E-state index contributed by atoms with van der Waals surface area (Å²) < 4.78 is 34.9. The molecule has 0 radical (unpaired) electrons. The molecule has 1 saturated heterocycles. The van der Waals surface area contributed by atoms with Crippen molar-refractivity contribution in [2.45, 2.75) is 43.8 Å². The van der Waals surface area contributed by atoms with E-state index >= 15 is 0 Å². The van der Waals surface area contributed by atoms with E-state index in [4.69, 9.17) is 15.0 Å². The van der Waals surface area contributed by atoms with Crippen molar-refractivity contribution in [1.82, 2.24) is 13.9 Å². The number of carbonyl (C=O) groups excluding carboxylic acids is 1. The maximum Gasteiger partial charge on any atom is 0.243 e. The average molecular weight is 542 g/mol. The number of aromatic nitrogens is 2. The van der Waals surface area contributed by atoms with Gasteiger partial charge in [0, 0.05) is 31.9 Å². The molecule has 0 N–H and O–H groups in total. The molecular weight excluding hydrogens is 510 g/mol. The van der Waals surface area contributed by atoms with Crippen LogP contribution in [0.25, 0.3) is 11.0 Å². The van der Waals surface area contributed by atoms with Crippen LogP contribution in [0.2, 0.25) is 0 Å². The van der Waals surface area contributed by atoms with Crippen molar-refractivity contribution in [2.24, 2.45) is 0 Å². The third kappa shape index (κ3) is 5.99. The zero-order valence-corrected chi connectivity index (χ0v) is 22.9. The molecule has 0 aliphatic carbocycles. The number of nitrogens with zero attached hydrogens (tertiary/aromatic N) is 5. The lowest BCUT2D eigenvalue weighted by Crippen LogP contribution is -2.40. The Morgan fingerprint density at radius 3 is 2.51 bits per heavy atom. The van der Waals surface area contributed by atoms with Crippen LogP contribution in [0.4, 0.5) is 5.69 Å². The van der Waals surface area contributed by atoms with Gasteiger partial charge in [0.05, 0.1) is 47.4 Å². The highest BCUT2D eigenvalue weighted by Crippen LogP contribution is 2.28. The third-order valence-electron chi connectivity index (χ3n) is 6.20. The Morgan fingerprint density at radius 1 is 1.16 bits per heavy atom. The van der Waals surface area contributed by atoms with Gasteiger partial charge in [0.2, 0.25) is 15.9 Å². The normalized spacial score (nSPS) is 14.5. The summed E-state index contributed by atoms with van der Waals surface area (Å²) in [5, 5.41) is 9.76. The van der Waals surface area contributed by atoms with Crippen molar-refractivity contribution >= 4 is 44.4 Å². The first-order valence-corrected chi connectivity index (χ1v) is 14.6. The fourth-order valence-electron chi connectivity index (χ4n) is 4.47. The number of hydrogen-bond acceptors (Lipinski definition) is 7. The second-order valence-corrected chi connectivity index (χ2v) is 11.8. The van der Waals surface area contributed by atoms with Crippen LogP contribution in [0.15, 0.2) is 46.5 Å². The largest absolute Gasteiger partial charge is 0.379 e. The second kappa shape index (κ2) is 11.6. The quantitative estimate of drug-likeness (QED) is 0.380. The van der Waals surface area contributed by atoms with Crippen molar-refractivity contribution in [3.05, 3.63) is 47.5 Å². The highest BCUT2D eigenvalue weighted by atomic mass is 32.2. The molecule has 11 heteroatoms. The minimum absolute atomic E-state index is 0.115. The number of imidazole rings is 1. The number of rotatable bonds is 9. The van der Waals surface area contributed by atoms with E-state index in [-0.39, 0.29) is 23.0 Å². The Morgan fingerprint density at radius 2 is 1.86 bits per heavy atom. The molecule has 0 atom stereocenters. The zero-order valence-electron chi connectivity index (χ0n) is 21.3. The van der Waals surface area contributed by atoms with Crippen molar-refractivity contribution in [1.29, 1.82) is 5.26 Å². The Bertz CT molecular complexity index is 1420. The number of fused-ring (bicyclic) bond motifs is 1. The van der Waals surface area contributed by atoms with Crippen LogP contribution in [0.1, 0.15) is 24.5 Å². The van der Waals surface area contributed by atoms with Crippen LogP contribution in [0, 0.1) is 25.2 Å². The Balaban J connectivity index is 1.57. The molecular formula is C26H31N5O4S2. The van der Waals surface area contributed by atoms with Gasteiger partial charge in [-0.05, 0) is 62.2 Å². The van der Waals surface area contributed by atoms with Gasteiger partial charge in [-0.1, -0.05) is 17.8 Å². The van der Waals surface area contributed by atoms with Gasteiger partial charge in [-0.15, -0.1) is 0 Å². The van der Waals surface area contributed by atoms with Crippen LogP contribution >= 0.6 is 11.8 Å². The van der Waals surface area contributed by atoms with Gasteiger partial charge in [-0.2, -0.15) is 9.57 Å². The fraction of sp³-hybridized carbons (Fsp3) is 0.423. The van der Waals surface area contributed by atoms with E-state index in [0.29, 0.717) is 50.1 Å². The van der Waals surface area contributed by atoms with Gasteiger partial charge in [-0.3, -0.25) is 4.79 Å². The molecule has 1 aromatic heterocycles. The first-order valence-electron chi connectivity index (χ1n) is 12.2. The maximum atomic E-state index is 13.3. The van der Waals surface area contributed by atoms with E-state index < -0.39 is 10.0 Å². The maximum absolute atomic E-state index is 13.3. The monoisotopic (exact) mass is 541 g/mol. The van der Waals surface area contributed by atoms with E-state index in [1.807, 2.05) is 43.5 Å². The number of carbonyl (C=O) groups is 1. The lowest BCUT2D eigenvalue weighted by molar-refractivity contribution is -0.116. The molecule has 196 valence electrons. The molecule has 1 amide bonds. The van der Waals surface area contributed by atoms with Crippen LogP contribution in [-0.2, 0) is 26.1 Å². The third-order valence-corrected chi connectivity index (χ3v) is 9.06. The number of morpholine rings is 1. The summed E-state index contributed by atoms with van der Waals surface area (Å²) in [7, 11) is -3.64. The predicted octanol–water partition coefficient (Wildman–Crippen LogP) is 3.73. The smallest absolute Gasteiger partial charge is 0.243 e. The summed E-state index contributed by atoms with van der Waals surface area (Å²) >= 11 is 1.31. The number of benzene rings is 2. The summed E-state index contributed by atoms with van der Waals surface area (Å²) in [6.45, 7) is 8.31. The molecule has 1 aliphatic heterocycles. The topological polar surface area (TPSA) is 109 Å². The van der Waals surface area contributed by atoms with E-state index in [1.54, 1.807) is 23.1 Å². The van der Waals surface area contributed by atoms with Gasteiger partial charge < -0.3 is 14.2 Å². The molecule has 9 nitrogen and oxygen atoms in total. The average Bonchev–Trinajstić information content (AvgIpc) is 3.24. The molecule has 0 unspecified atom stereocenters. The first-order chi connectivity index (χ1) is 17.7. The van der Waals surface area contributed by atoms with E-state index in [9.17, 15) is 13.2 Å². The fourth-order valence-corrected chi connectivity index (χ4v) is 6.85. The van der Waals surface area contributed by atoms with Crippen LogP contribution in [0.3, 0.4) is 0 Å². The van der Waals surface area contributed by atoms with E-state index in [1.165, 1.54) is 16.1 Å². The summed E-state index contributed by atoms with van der Waals surface area (Å²) in [6, 6.07) is 13.1. The lowest BCUT2D eigenvalue weighted by Gasteiger charge is -2.26. The van der Waals surface area contributed by atoms with Gasteiger partial charge in [0.1, 0.15) is 0 Å². The number of nitriles is 1. The molecule has 4 rings (SSSR count). The number of sulfonamides is 1. The van der Waals surface area contributed by atoms with Crippen LogP contribution < -0.4 is 4.90 Å². The number of hydrogen-bond donors (Lipinski definition) is 0. The van der Waals surface area contributed by atoms with Crippen molar-refractivity contribution in [3.63, 3.8) is 0 Å². The number of anilines is 1. The molecule has 2 aromatic carbocycles. The van der Waals surface area contributed by atoms with Crippen molar-refractivity contribution < 1.29 is 17.9 Å². The summed E-state index contributed by atoms with van der Waals surface area (Å²) in [5.74, 6) is 0.0243. The highest BCUT2D eigenvalue weighted by molar-refractivity contribution is 7.99. The van der Waals surface area contributed by atoms with E-state index in [0.717, 1.165) is 22.3 Å². The zero-order chi connectivity index (χ0) is 26.6. The Labute approximate surface area is 222 Å². The Kier molecular flexibility index (Phi) is 8.54. The molecule has 1 aliphatic rings. The molecule has 1 fully saturated rings. The molecule has 2 heterocycles. The molecule has 0 spiro atoms. The van der Waals surface area contributed by atoms with Gasteiger partial charge in [0.25, 0.3) is 0 Å². The SMILES string of the molecule is CCn1c(SCC(=O)N(CCC#N)c2cc(C)cc(C)c2)nc2cc(S(=O)(=O)N3CCOCC3)ccc21.